The zero-order chi connectivity index (χ0) is 15.0. The fourth-order valence-electron chi connectivity index (χ4n) is 2.37. The Morgan fingerprint density at radius 1 is 1.33 bits per heavy atom. The first-order valence-electron chi connectivity index (χ1n) is 6.74. The third kappa shape index (κ3) is 2.38. The van der Waals surface area contributed by atoms with Crippen LogP contribution in [0.3, 0.4) is 0 Å². The average Bonchev–Trinajstić information content (AvgIpc) is 2.92. The number of hydrogen-bond acceptors (Lipinski definition) is 3. The van der Waals surface area contributed by atoms with Gasteiger partial charge in [-0.25, -0.2) is 9.78 Å². The minimum absolute atomic E-state index is 0.272. The molecule has 0 saturated carbocycles. The fraction of sp³-hybridized carbons (Fsp3) is 0.188. The molecular weight excluding hydrogens is 266 g/mol. The highest BCUT2D eigenvalue weighted by Gasteiger charge is 2.14. The monoisotopic (exact) mass is 281 g/mol. The van der Waals surface area contributed by atoms with E-state index in [4.69, 9.17) is 0 Å². The summed E-state index contributed by atoms with van der Waals surface area (Å²) >= 11 is 0. The van der Waals surface area contributed by atoms with E-state index in [1.165, 1.54) is 0 Å². The lowest BCUT2D eigenvalue weighted by Gasteiger charge is -2.07. The van der Waals surface area contributed by atoms with Gasteiger partial charge in [-0.2, -0.15) is 5.10 Å². The second-order valence-corrected chi connectivity index (χ2v) is 4.97. The van der Waals surface area contributed by atoms with Gasteiger partial charge < -0.3 is 5.11 Å². The van der Waals surface area contributed by atoms with Gasteiger partial charge in [0.2, 0.25) is 0 Å². The molecule has 21 heavy (non-hydrogen) atoms. The first-order chi connectivity index (χ1) is 10.1. The topological polar surface area (TPSA) is 68.0 Å². The maximum Gasteiger partial charge on any atom is 0.336 e. The van der Waals surface area contributed by atoms with Crippen molar-refractivity contribution in [2.75, 3.05) is 0 Å². The van der Waals surface area contributed by atoms with Gasteiger partial charge in [-0.1, -0.05) is 13.0 Å². The second-order valence-electron chi connectivity index (χ2n) is 4.97. The lowest BCUT2D eigenvalue weighted by molar-refractivity contribution is 0.0699. The van der Waals surface area contributed by atoms with Crippen LogP contribution in [0.5, 0.6) is 0 Å². The molecule has 0 aliphatic heterocycles. The Labute approximate surface area is 121 Å². The Kier molecular flexibility index (Phi) is 3.17. The van der Waals surface area contributed by atoms with Gasteiger partial charge in [0.15, 0.2) is 0 Å². The van der Waals surface area contributed by atoms with Crippen LogP contribution in [0.25, 0.3) is 22.2 Å². The Hall–Kier alpha value is -2.69. The number of carboxylic acid groups (broad SMARTS) is 1. The molecule has 0 spiro atoms. The highest BCUT2D eigenvalue weighted by molar-refractivity contribution is 6.03. The van der Waals surface area contributed by atoms with Crippen LogP contribution in [0.4, 0.5) is 0 Å². The number of benzene rings is 1. The van der Waals surface area contributed by atoms with E-state index in [1.54, 1.807) is 16.9 Å². The van der Waals surface area contributed by atoms with Crippen LogP contribution in [0.15, 0.2) is 36.7 Å². The SMILES string of the molecule is CCc1ccc2nc(-c3cnn(C)c3)cc(C(=O)O)c2c1. The van der Waals surface area contributed by atoms with Crippen molar-refractivity contribution in [3.8, 4) is 11.3 Å². The van der Waals surface area contributed by atoms with Crippen molar-refractivity contribution in [3.05, 3.63) is 47.8 Å². The Morgan fingerprint density at radius 2 is 2.14 bits per heavy atom. The number of aromatic nitrogens is 3. The van der Waals surface area contributed by atoms with Crippen molar-refractivity contribution < 1.29 is 9.90 Å². The molecule has 5 nitrogen and oxygen atoms in total. The number of hydrogen-bond donors (Lipinski definition) is 1. The molecule has 0 bridgehead atoms. The molecule has 2 heterocycles. The minimum atomic E-state index is -0.944. The lowest BCUT2D eigenvalue weighted by atomic mass is 10.0. The predicted molar refractivity (Wildman–Crippen MR) is 80.3 cm³/mol. The second kappa shape index (κ2) is 5.01. The van der Waals surface area contributed by atoms with Gasteiger partial charge in [0.05, 0.1) is 23.0 Å². The maximum absolute atomic E-state index is 11.6. The highest BCUT2D eigenvalue weighted by Crippen LogP contribution is 2.25. The summed E-state index contributed by atoms with van der Waals surface area (Å²) in [6.07, 6.45) is 4.36. The quantitative estimate of drug-likeness (QED) is 0.801. The molecule has 0 atom stereocenters. The van der Waals surface area contributed by atoms with E-state index >= 15 is 0 Å². The van der Waals surface area contributed by atoms with Crippen LogP contribution >= 0.6 is 0 Å². The number of nitrogens with zero attached hydrogens (tertiary/aromatic N) is 3. The summed E-state index contributed by atoms with van der Waals surface area (Å²) < 4.78 is 1.67. The molecule has 5 heteroatoms. The molecule has 3 rings (SSSR count). The number of pyridine rings is 1. The van der Waals surface area contributed by atoms with Crippen molar-refractivity contribution in [2.24, 2.45) is 7.05 Å². The number of carboxylic acids is 1. The van der Waals surface area contributed by atoms with Crippen LogP contribution in [0, 0.1) is 0 Å². The summed E-state index contributed by atoms with van der Waals surface area (Å²) in [5, 5.41) is 14.3. The molecule has 0 aliphatic rings. The molecule has 0 amide bonds. The molecule has 0 aliphatic carbocycles. The Bertz CT molecular complexity index is 837. The first kappa shape index (κ1) is 13.3. The highest BCUT2D eigenvalue weighted by atomic mass is 16.4. The first-order valence-corrected chi connectivity index (χ1v) is 6.74. The van der Waals surface area contributed by atoms with Crippen LogP contribution in [0.1, 0.15) is 22.8 Å². The van der Waals surface area contributed by atoms with Crippen molar-refractivity contribution in [1.82, 2.24) is 14.8 Å². The van der Waals surface area contributed by atoms with Gasteiger partial charge in [0.1, 0.15) is 0 Å². The van der Waals surface area contributed by atoms with E-state index in [0.29, 0.717) is 16.6 Å². The van der Waals surface area contributed by atoms with E-state index in [0.717, 1.165) is 17.5 Å². The van der Waals surface area contributed by atoms with Gasteiger partial charge >= 0.3 is 5.97 Å². The van der Waals surface area contributed by atoms with E-state index in [-0.39, 0.29) is 5.56 Å². The maximum atomic E-state index is 11.6. The van der Waals surface area contributed by atoms with Crippen LogP contribution in [-0.4, -0.2) is 25.8 Å². The molecule has 0 unspecified atom stereocenters. The summed E-state index contributed by atoms with van der Waals surface area (Å²) in [7, 11) is 1.82. The summed E-state index contributed by atoms with van der Waals surface area (Å²) in [5.41, 5.74) is 3.49. The zero-order valence-electron chi connectivity index (χ0n) is 11.9. The van der Waals surface area contributed by atoms with Crippen LogP contribution in [0.2, 0.25) is 0 Å². The Morgan fingerprint density at radius 3 is 2.76 bits per heavy atom. The van der Waals surface area contributed by atoms with E-state index < -0.39 is 5.97 Å². The van der Waals surface area contributed by atoms with E-state index in [9.17, 15) is 9.90 Å². The summed E-state index contributed by atoms with van der Waals surface area (Å²) in [6, 6.07) is 7.37. The zero-order valence-corrected chi connectivity index (χ0v) is 11.9. The molecular formula is C16H15N3O2. The lowest BCUT2D eigenvalue weighted by Crippen LogP contribution is -2.00. The normalized spacial score (nSPS) is 11.0. The molecule has 0 radical (unpaired) electrons. The number of aromatic carboxylic acids is 1. The van der Waals surface area contributed by atoms with Crippen molar-refractivity contribution >= 4 is 16.9 Å². The van der Waals surface area contributed by atoms with Gasteiger partial charge in [0.25, 0.3) is 0 Å². The smallest absolute Gasteiger partial charge is 0.336 e. The van der Waals surface area contributed by atoms with Crippen LogP contribution in [-0.2, 0) is 13.5 Å². The molecule has 0 fully saturated rings. The molecule has 3 aromatic rings. The number of fused-ring (bicyclic) bond motifs is 1. The van der Waals surface area contributed by atoms with Crippen molar-refractivity contribution in [2.45, 2.75) is 13.3 Å². The number of carbonyl (C=O) groups is 1. The summed E-state index contributed by atoms with van der Waals surface area (Å²) in [4.78, 5) is 16.1. The Balaban J connectivity index is 2.28. The van der Waals surface area contributed by atoms with E-state index in [1.807, 2.05) is 38.4 Å². The third-order valence-corrected chi connectivity index (χ3v) is 3.51. The summed E-state index contributed by atoms with van der Waals surface area (Å²) in [5.74, 6) is -0.944. The van der Waals surface area contributed by atoms with Gasteiger partial charge in [-0.15, -0.1) is 0 Å². The predicted octanol–water partition coefficient (Wildman–Crippen LogP) is 2.90. The molecule has 2 aromatic heterocycles. The molecule has 106 valence electrons. The third-order valence-electron chi connectivity index (χ3n) is 3.51. The number of rotatable bonds is 3. The minimum Gasteiger partial charge on any atom is -0.478 e. The van der Waals surface area contributed by atoms with Crippen LogP contribution < -0.4 is 0 Å². The molecule has 0 saturated heterocycles. The standard InChI is InChI=1S/C16H15N3O2/c1-3-10-4-5-14-12(6-10)13(16(20)21)7-15(18-14)11-8-17-19(2)9-11/h4-9H,3H2,1-2H3,(H,20,21). The largest absolute Gasteiger partial charge is 0.478 e. The molecule has 1 aromatic carbocycles. The van der Waals surface area contributed by atoms with Crippen molar-refractivity contribution in [1.29, 1.82) is 0 Å². The number of aryl methyl sites for hydroxylation is 2. The van der Waals surface area contributed by atoms with Gasteiger partial charge in [0, 0.05) is 24.2 Å². The van der Waals surface area contributed by atoms with Gasteiger partial charge in [-0.05, 0) is 30.2 Å². The summed E-state index contributed by atoms with van der Waals surface area (Å²) in [6.45, 7) is 2.04. The van der Waals surface area contributed by atoms with Crippen molar-refractivity contribution in [3.63, 3.8) is 0 Å². The van der Waals surface area contributed by atoms with Gasteiger partial charge in [-0.3, -0.25) is 4.68 Å². The molecule has 1 N–H and O–H groups in total. The van der Waals surface area contributed by atoms with E-state index in [2.05, 4.69) is 10.1 Å². The fourth-order valence-corrected chi connectivity index (χ4v) is 2.37. The average molecular weight is 281 g/mol.